The first-order valence-corrected chi connectivity index (χ1v) is 2.52. The van der Waals surface area contributed by atoms with Gasteiger partial charge in [-0.15, -0.1) is 12.4 Å². The number of nitrogens with one attached hydrogen (secondary N) is 1. The Morgan fingerprint density at radius 1 is 1.64 bits per heavy atom. The number of nitrogens with zero attached hydrogens (tertiary/aromatic N) is 1. The monoisotopic (exact) mass is 180 g/mol. The Labute approximate surface area is 69.5 Å². The van der Waals surface area contributed by atoms with E-state index in [1.807, 2.05) is 0 Å². The second kappa shape index (κ2) is 8.93. The van der Waals surface area contributed by atoms with Crippen LogP contribution in [0.2, 0.25) is 0 Å². The van der Waals surface area contributed by atoms with Crippen LogP contribution >= 0.6 is 12.4 Å². The van der Waals surface area contributed by atoms with Gasteiger partial charge in [-0.25, -0.2) is 9.78 Å². The number of aliphatic carboxylic acids is 1. The molecule has 0 bridgehead atoms. The average molecular weight is 181 g/mol. The molecule has 64 valence electrons. The van der Waals surface area contributed by atoms with E-state index in [-0.39, 0.29) is 12.4 Å². The standard InChI is InChI=1S/C3H4N2.C2H4O3.ClH/c1-2-5-3-4-1;3-1-2(4)5;/h1-3H,(H,4,5);3H,1H2,(H,4,5);1H. The largest absolute Gasteiger partial charge is 0.480 e. The SMILES string of the molecule is Cl.O=C(O)CO.c1c[nH]cn1. The molecule has 1 aromatic rings. The quantitative estimate of drug-likeness (QED) is 0.563. The number of carbonyl (C=O) groups is 1. The number of H-pyrrole nitrogens is 1. The second-order valence-electron chi connectivity index (χ2n) is 1.31. The summed E-state index contributed by atoms with van der Waals surface area (Å²) < 4.78 is 0. The summed E-state index contributed by atoms with van der Waals surface area (Å²) in [5.41, 5.74) is 0. The lowest BCUT2D eigenvalue weighted by atomic mass is 10.8. The molecule has 0 unspecified atom stereocenters. The maximum Gasteiger partial charge on any atom is 0.329 e. The third-order valence-electron chi connectivity index (χ3n) is 0.541. The Kier molecular flexibility index (Phi) is 10.2. The van der Waals surface area contributed by atoms with Gasteiger partial charge in [0.2, 0.25) is 0 Å². The summed E-state index contributed by atoms with van der Waals surface area (Å²) in [5.74, 6) is -1.19. The van der Waals surface area contributed by atoms with E-state index in [1.54, 1.807) is 18.7 Å². The molecule has 11 heavy (non-hydrogen) atoms. The number of aliphatic hydroxyl groups excluding tert-OH is 1. The molecule has 1 rings (SSSR count). The van der Waals surface area contributed by atoms with Crippen molar-refractivity contribution in [3.05, 3.63) is 18.7 Å². The molecule has 1 aromatic heterocycles. The van der Waals surface area contributed by atoms with Crippen LogP contribution in [0.15, 0.2) is 18.7 Å². The highest BCUT2D eigenvalue weighted by atomic mass is 35.5. The van der Waals surface area contributed by atoms with E-state index < -0.39 is 12.6 Å². The van der Waals surface area contributed by atoms with Crippen molar-refractivity contribution in [3.63, 3.8) is 0 Å². The second-order valence-corrected chi connectivity index (χ2v) is 1.31. The van der Waals surface area contributed by atoms with E-state index in [0.29, 0.717) is 0 Å². The summed E-state index contributed by atoms with van der Waals surface area (Å²) in [7, 11) is 0. The molecule has 0 aliphatic carbocycles. The Bertz CT molecular complexity index is 149. The van der Waals surface area contributed by atoms with Gasteiger partial charge in [0.15, 0.2) is 0 Å². The number of carboxylic acids is 1. The van der Waals surface area contributed by atoms with Crippen molar-refractivity contribution in [1.82, 2.24) is 9.97 Å². The maximum atomic E-state index is 9.12. The highest BCUT2D eigenvalue weighted by Crippen LogP contribution is 1.62. The fourth-order valence-electron chi connectivity index (χ4n) is 0.215. The fourth-order valence-corrected chi connectivity index (χ4v) is 0.215. The Morgan fingerprint density at radius 2 is 2.18 bits per heavy atom. The van der Waals surface area contributed by atoms with Gasteiger partial charge < -0.3 is 15.2 Å². The zero-order chi connectivity index (χ0) is 7.82. The highest BCUT2D eigenvalue weighted by molar-refractivity contribution is 5.85. The highest BCUT2D eigenvalue weighted by Gasteiger charge is 1.82. The zero-order valence-electron chi connectivity index (χ0n) is 5.60. The van der Waals surface area contributed by atoms with Crippen molar-refractivity contribution in [3.8, 4) is 0 Å². The molecule has 0 aromatic carbocycles. The van der Waals surface area contributed by atoms with Gasteiger partial charge in [-0.05, 0) is 0 Å². The van der Waals surface area contributed by atoms with Crippen LogP contribution in [0.25, 0.3) is 0 Å². The number of hydrogen-bond acceptors (Lipinski definition) is 3. The molecule has 0 fully saturated rings. The Morgan fingerprint density at radius 3 is 2.27 bits per heavy atom. The number of aromatic amines is 1. The fraction of sp³-hybridized carbons (Fsp3) is 0.200. The third-order valence-corrected chi connectivity index (χ3v) is 0.541. The van der Waals surface area contributed by atoms with Crippen molar-refractivity contribution in [2.75, 3.05) is 6.61 Å². The van der Waals surface area contributed by atoms with Crippen molar-refractivity contribution >= 4 is 18.4 Å². The maximum absolute atomic E-state index is 9.12. The molecule has 0 amide bonds. The van der Waals surface area contributed by atoms with E-state index in [1.165, 1.54) is 0 Å². The van der Waals surface area contributed by atoms with Crippen LogP contribution in [0.1, 0.15) is 0 Å². The van der Waals surface area contributed by atoms with Gasteiger partial charge in [0.1, 0.15) is 6.61 Å². The van der Waals surface area contributed by atoms with Crippen molar-refractivity contribution in [2.45, 2.75) is 0 Å². The van der Waals surface area contributed by atoms with Gasteiger partial charge in [-0.3, -0.25) is 0 Å². The summed E-state index contributed by atoms with van der Waals surface area (Å²) in [6, 6.07) is 0. The van der Waals surface area contributed by atoms with Crippen molar-refractivity contribution in [2.24, 2.45) is 0 Å². The van der Waals surface area contributed by atoms with Gasteiger partial charge in [0.05, 0.1) is 6.33 Å². The molecule has 3 N–H and O–H groups in total. The topological polar surface area (TPSA) is 86.2 Å². The van der Waals surface area contributed by atoms with E-state index >= 15 is 0 Å². The van der Waals surface area contributed by atoms with Gasteiger partial charge in [-0.2, -0.15) is 0 Å². The van der Waals surface area contributed by atoms with Crippen molar-refractivity contribution in [1.29, 1.82) is 0 Å². The molecule has 0 saturated carbocycles. The Balaban J connectivity index is 0. The van der Waals surface area contributed by atoms with Crippen LogP contribution < -0.4 is 0 Å². The predicted octanol–water partition coefficient (Wildman–Crippen LogP) is -0.105. The summed E-state index contributed by atoms with van der Waals surface area (Å²) >= 11 is 0. The molecule has 0 aliphatic rings. The van der Waals surface area contributed by atoms with Crippen LogP contribution in [0.4, 0.5) is 0 Å². The molecule has 6 heteroatoms. The van der Waals surface area contributed by atoms with E-state index in [4.69, 9.17) is 15.0 Å². The molecule has 0 aliphatic heterocycles. The van der Waals surface area contributed by atoms with Gasteiger partial charge in [0, 0.05) is 12.4 Å². The van der Waals surface area contributed by atoms with Crippen LogP contribution in [-0.2, 0) is 4.79 Å². The lowest BCUT2D eigenvalue weighted by Crippen LogP contribution is -1.98. The van der Waals surface area contributed by atoms with E-state index in [9.17, 15) is 0 Å². The minimum atomic E-state index is -1.19. The summed E-state index contributed by atoms with van der Waals surface area (Å²) in [6.07, 6.45) is 5.08. The summed E-state index contributed by atoms with van der Waals surface area (Å²) in [6.45, 7) is -0.778. The number of aliphatic hydroxyl groups is 1. The van der Waals surface area contributed by atoms with Crippen LogP contribution in [0.3, 0.4) is 0 Å². The lowest BCUT2D eigenvalue weighted by Gasteiger charge is -1.72. The normalized spacial score (nSPS) is 7.00. The molecule has 0 saturated heterocycles. The first-order chi connectivity index (χ1) is 4.77. The average Bonchev–Trinajstić information content (AvgIpc) is 2.43. The third kappa shape index (κ3) is 12.2. The van der Waals surface area contributed by atoms with Crippen LogP contribution in [-0.4, -0.2) is 32.8 Å². The van der Waals surface area contributed by atoms with Gasteiger partial charge in [0.25, 0.3) is 0 Å². The number of carboxylic acid groups (broad SMARTS) is 1. The first-order valence-electron chi connectivity index (χ1n) is 2.52. The number of aromatic nitrogens is 2. The van der Waals surface area contributed by atoms with Crippen LogP contribution in [0, 0.1) is 0 Å². The van der Waals surface area contributed by atoms with Crippen molar-refractivity contribution < 1.29 is 15.0 Å². The number of halogens is 1. The lowest BCUT2D eigenvalue weighted by molar-refractivity contribution is -0.140. The van der Waals surface area contributed by atoms with Crippen LogP contribution in [0.5, 0.6) is 0 Å². The minimum absolute atomic E-state index is 0. The predicted molar refractivity (Wildman–Crippen MR) is 40.6 cm³/mol. The molecular formula is C5H9ClN2O3. The number of rotatable bonds is 1. The van der Waals surface area contributed by atoms with Gasteiger partial charge >= 0.3 is 5.97 Å². The molecule has 1 heterocycles. The molecular weight excluding hydrogens is 172 g/mol. The number of imidazole rings is 1. The summed E-state index contributed by atoms with van der Waals surface area (Å²) in [4.78, 5) is 15.5. The number of hydrogen-bond donors (Lipinski definition) is 3. The molecule has 0 atom stereocenters. The van der Waals surface area contributed by atoms with Gasteiger partial charge in [-0.1, -0.05) is 0 Å². The smallest absolute Gasteiger partial charge is 0.329 e. The summed E-state index contributed by atoms with van der Waals surface area (Å²) in [5, 5.41) is 15.0. The molecule has 0 radical (unpaired) electrons. The molecule has 5 nitrogen and oxygen atoms in total. The van der Waals surface area contributed by atoms with E-state index in [2.05, 4.69) is 9.97 Å². The molecule has 0 spiro atoms. The zero-order valence-corrected chi connectivity index (χ0v) is 6.41. The first kappa shape index (κ1) is 12.6. The minimum Gasteiger partial charge on any atom is -0.480 e. The van der Waals surface area contributed by atoms with E-state index in [0.717, 1.165) is 0 Å². The Hall–Kier alpha value is -1.07.